The third kappa shape index (κ3) is 3.94. The van der Waals surface area contributed by atoms with Crippen LogP contribution in [0.25, 0.3) is 6.08 Å². The minimum Gasteiger partial charge on any atom is -0.493 e. The molecule has 82 valence electrons. The van der Waals surface area contributed by atoms with Crippen LogP contribution in [0.3, 0.4) is 0 Å². The summed E-state index contributed by atoms with van der Waals surface area (Å²) < 4.78 is 5.47. The van der Waals surface area contributed by atoms with Crippen molar-refractivity contribution in [3.05, 3.63) is 34.9 Å². The average molecular weight is 226 g/mol. The molecule has 0 fully saturated rings. The van der Waals surface area contributed by atoms with Gasteiger partial charge in [0.25, 0.3) is 0 Å². The maximum absolute atomic E-state index is 5.91. The van der Waals surface area contributed by atoms with Gasteiger partial charge in [-0.05, 0) is 32.0 Å². The van der Waals surface area contributed by atoms with E-state index in [-0.39, 0.29) is 6.04 Å². The lowest BCUT2D eigenvalue weighted by molar-refractivity contribution is 0.339. The molecule has 0 heterocycles. The molecule has 3 heteroatoms. The van der Waals surface area contributed by atoms with Crippen LogP contribution in [-0.4, -0.2) is 12.6 Å². The second-order valence-electron chi connectivity index (χ2n) is 3.33. The van der Waals surface area contributed by atoms with E-state index in [0.717, 1.165) is 11.3 Å². The summed E-state index contributed by atoms with van der Waals surface area (Å²) in [7, 11) is 0. The molecule has 1 atom stereocenters. The van der Waals surface area contributed by atoms with E-state index in [1.807, 2.05) is 44.2 Å². The van der Waals surface area contributed by atoms with E-state index in [1.165, 1.54) is 0 Å². The van der Waals surface area contributed by atoms with Gasteiger partial charge in [-0.1, -0.05) is 23.8 Å². The highest BCUT2D eigenvalue weighted by molar-refractivity contribution is 6.30. The zero-order valence-electron chi connectivity index (χ0n) is 9.03. The number of benzene rings is 1. The molecule has 1 aromatic rings. The van der Waals surface area contributed by atoms with Crippen LogP contribution in [0.4, 0.5) is 0 Å². The third-order valence-corrected chi connectivity index (χ3v) is 2.09. The van der Waals surface area contributed by atoms with E-state index in [2.05, 4.69) is 0 Å². The van der Waals surface area contributed by atoms with Crippen molar-refractivity contribution in [2.75, 3.05) is 6.61 Å². The van der Waals surface area contributed by atoms with E-state index in [9.17, 15) is 0 Å². The molecule has 0 aliphatic carbocycles. The molecule has 2 nitrogen and oxygen atoms in total. The molecule has 15 heavy (non-hydrogen) atoms. The third-order valence-electron chi connectivity index (χ3n) is 1.85. The summed E-state index contributed by atoms with van der Waals surface area (Å²) in [6.07, 6.45) is 3.84. The Balaban J connectivity index is 2.96. The fourth-order valence-corrected chi connectivity index (χ4v) is 1.37. The van der Waals surface area contributed by atoms with Crippen LogP contribution < -0.4 is 10.5 Å². The molecule has 0 aliphatic rings. The Morgan fingerprint density at radius 1 is 1.53 bits per heavy atom. The summed E-state index contributed by atoms with van der Waals surface area (Å²) in [5.74, 6) is 0.832. The van der Waals surface area contributed by atoms with E-state index in [0.29, 0.717) is 11.6 Å². The zero-order chi connectivity index (χ0) is 11.3. The van der Waals surface area contributed by atoms with Gasteiger partial charge in [-0.2, -0.15) is 0 Å². The first-order valence-electron chi connectivity index (χ1n) is 4.99. The van der Waals surface area contributed by atoms with Crippen molar-refractivity contribution in [3.8, 4) is 5.75 Å². The summed E-state index contributed by atoms with van der Waals surface area (Å²) >= 11 is 5.91. The van der Waals surface area contributed by atoms with Gasteiger partial charge in [-0.25, -0.2) is 0 Å². The van der Waals surface area contributed by atoms with Crippen molar-refractivity contribution in [3.63, 3.8) is 0 Å². The first kappa shape index (κ1) is 12.1. The van der Waals surface area contributed by atoms with Crippen LogP contribution in [0.5, 0.6) is 5.75 Å². The molecular weight excluding hydrogens is 210 g/mol. The Morgan fingerprint density at radius 3 is 2.87 bits per heavy atom. The predicted octanol–water partition coefficient (Wildman–Crippen LogP) is 3.10. The summed E-state index contributed by atoms with van der Waals surface area (Å²) in [4.78, 5) is 0. The van der Waals surface area contributed by atoms with E-state index in [4.69, 9.17) is 22.1 Å². The standard InChI is InChI=1S/C12H16ClNO/c1-3-15-12-7-6-11(13)8-10(12)5-4-9(2)14/h4-9H,3,14H2,1-2H3/b5-4+. The lowest BCUT2D eigenvalue weighted by Crippen LogP contribution is -2.10. The first-order valence-corrected chi connectivity index (χ1v) is 5.37. The van der Waals surface area contributed by atoms with Crippen molar-refractivity contribution >= 4 is 17.7 Å². The molecule has 0 aromatic heterocycles. The molecule has 1 aromatic carbocycles. The smallest absolute Gasteiger partial charge is 0.126 e. The molecule has 1 rings (SSSR count). The van der Waals surface area contributed by atoms with Gasteiger partial charge in [0.15, 0.2) is 0 Å². The summed E-state index contributed by atoms with van der Waals surface area (Å²) in [5, 5.41) is 0.697. The lowest BCUT2D eigenvalue weighted by Gasteiger charge is -2.07. The van der Waals surface area contributed by atoms with Crippen LogP contribution in [0.1, 0.15) is 19.4 Å². The fraction of sp³-hybridized carbons (Fsp3) is 0.333. The van der Waals surface area contributed by atoms with E-state index >= 15 is 0 Å². The van der Waals surface area contributed by atoms with Crippen molar-refractivity contribution < 1.29 is 4.74 Å². The van der Waals surface area contributed by atoms with Crippen LogP contribution in [0, 0.1) is 0 Å². The Labute approximate surface area is 95.7 Å². The summed E-state index contributed by atoms with van der Waals surface area (Å²) in [5.41, 5.74) is 6.60. The minimum atomic E-state index is 0.0264. The maximum Gasteiger partial charge on any atom is 0.126 e. The molecule has 0 spiro atoms. The van der Waals surface area contributed by atoms with Crippen LogP contribution >= 0.6 is 11.6 Å². The number of rotatable bonds is 4. The van der Waals surface area contributed by atoms with Crippen molar-refractivity contribution in [2.45, 2.75) is 19.9 Å². The highest BCUT2D eigenvalue weighted by Gasteiger charge is 2.01. The lowest BCUT2D eigenvalue weighted by atomic mass is 10.1. The SMILES string of the molecule is CCOc1ccc(Cl)cc1/C=C/C(C)N. The molecule has 0 aliphatic heterocycles. The fourth-order valence-electron chi connectivity index (χ4n) is 1.19. The number of hydrogen-bond acceptors (Lipinski definition) is 2. The molecule has 1 unspecified atom stereocenters. The Hall–Kier alpha value is -0.990. The second kappa shape index (κ2) is 5.79. The Kier molecular flexibility index (Phi) is 4.66. The van der Waals surface area contributed by atoms with Gasteiger partial charge < -0.3 is 10.5 Å². The second-order valence-corrected chi connectivity index (χ2v) is 3.77. The van der Waals surface area contributed by atoms with Crippen molar-refractivity contribution in [1.29, 1.82) is 0 Å². The topological polar surface area (TPSA) is 35.2 Å². The van der Waals surface area contributed by atoms with Gasteiger partial charge >= 0.3 is 0 Å². The van der Waals surface area contributed by atoms with E-state index < -0.39 is 0 Å². The van der Waals surface area contributed by atoms with Crippen LogP contribution in [-0.2, 0) is 0 Å². The highest BCUT2D eigenvalue weighted by Crippen LogP contribution is 2.24. The molecule has 0 amide bonds. The van der Waals surface area contributed by atoms with Crippen LogP contribution in [0.15, 0.2) is 24.3 Å². The quantitative estimate of drug-likeness (QED) is 0.855. The van der Waals surface area contributed by atoms with Gasteiger partial charge in [0, 0.05) is 16.6 Å². The molecule has 0 saturated heterocycles. The van der Waals surface area contributed by atoms with Gasteiger partial charge in [-0.3, -0.25) is 0 Å². The number of nitrogens with two attached hydrogens (primary N) is 1. The van der Waals surface area contributed by atoms with Gasteiger partial charge in [-0.15, -0.1) is 0 Å². The molecule has 0 saturated carbocycles. The number of ether oxygens (including phenoxy) is 1. The largest absolute Gasteiger partial charge is 0.493 e. The normalized spacial score (nSPS) is 13.1. The van der Waals surface area contributed by atoms with Crippen molar-refractivity contribution in [2.24, 2.45) is 5.73 Å². The van der Waals surface area contributed by atoms with Gasteiger partial charge in [0.2, 0.25) is 0 Å². The van der Waals surface area contributed by atoms with E-state index in [1.54, 1.807) is 0 Å². The maximum atomic E-state index is 5.91. The number of hydrogen-bond donors (Lipinski definition) is 1. The summed E-state index contributed by atoms with van der Waals surface area (Å²) in [6, 6.07) is 5.58. The molecule has 2 N–H and O–H groups in total. The van der Waals surface area contributed by atoms with Crippen molar-refractivity contribution in [1.82, 2.24) is 0 Å². The summed E-state index contributed by atoms with van der Waals surface area (Å²) in [6.45, 7) is 4.51. The van der Waals surface area contributed by atoms with Crippen LogP contribution in [0.2, 0.25) is 5.02 Å². The molecular formula is C12H16ClNO. The monoisotopic (exact) mass is 225 g/mol. The van der Waals surface area contributed by atoms with Gasteiger partial charge in [0.05, 0.1) is 6.61 Å². The molecule has 0 bridgehead atoms. The highest BCUT2D eigenvalue weighted by atomic mass is 35.5. The minimum absolute atomic E-state index is 0.0264. The Bertz CT molecular complexity index is 347. The van der Waals surface area contributed by atoms with Gasteiger partial charge in [0.1, 0.15) is 5.75 Å². The molecule has 0 radical (unpaired) electrons. The zero-order valence-corrected chi connectivity index (χ0v) is 9.79. The predicted molar refractivity (Wildman–Crippen MR) is 65.3 cm³/mol. The Morgan fingerprint density at radius 2 is 2.27 bits per heavy atom. The first-order chi connectivity index (χ1) is 7.13. The average Bonchev–Trinajstić information content (AvgIpc) is 2.18. The number of halogens is 1.